The Hall–Kier alpha value is -1.50. The number of carbonyl (C=O) groups excluding carboxylic acids is 2. The molecular formula is C16H31N5O2. The molecule has 0 aliphatic carbocycles. The number of likely N-dealkylation sites (tertiary alicyclic amines) is 1. The summed E-state index contributed by atoms with van der Waals surface area (Å²) >= 11 is 0. The van der Waals surface area contributed by atoms with Crippen LogP contribution in [0, 0.1) is 0 Å². The van der Waals surface area contributed by atoms with Crippen molar-refractivity contribution in [1.82, 2.24) is 25.3 Å². The van der Waals surface area contributed by atoms with Gasteiger partial charge in [-0.3, -0.25) is 0 Å². The molecule has 2 fully saturated rings. The largest absolute Gasteiger partial charge is 0.341 e. The van der Waals surface area contributed by atoms with Crippen molar-refractivity contribution in [2.75, 3.05) is 46.3 Å². The van der Waals surface area contributed by atoms with E-state index in [2.05, 4.69) is 34.3 Å². The summed E-state index contributed by atoms with van der Waals surface area (Å²) in [7, 11) is 1.59. The highest BCUT2D eigenvalue weighted by Crippen LogP contribution is 2.22. The predicted molar refractivity (Wildman–Crippen MR) is 90.5 cm³/mol. The number of hydrogen-bond acceptors (Lipinski definition) is 3. The van der Waals surface area contributed by atoms with Crippen molar-refractivity contribution >= 4 is 12.1 Å². The Kier molecular flexibility index (Phi) is 6.50. The summed E-state index contributed by atoms with van der Waals surface area (Å²) in [6.45, 7) is 9.33. The van der Waals surface area contributed by atoms with Gasteiger partial charge in [0.15, 0.2) is 0 Å². The summed E-state index contributed by atoms with van der Waals surface area (Å²) in [5.74, 6) is 0. The van der Waals surface area contributed by atoms with Crippen LogP contribution in [0.25, 0.3) is 0 Å². The Morgan fingerprint density at radius 1 is 1.22 bits per heavy atom. The van der Waals surface area contributed by atoms with Crippen LogP contribution in [0.15, 0.2) is 0 Å². The number of carbonyl (C=O) groups is 2. The molecule has 2 N–H and O–H groups in total. The number of nitrogens with zero attached hydrogens (tertiary/aromatic N) is 3. The minimum Gasteiger partial charge on any atom is -0.341 e. The van der Waals surface area contributed by atoms with Gasteiger partial charge in [0.1, 0.15) is 0 Å². The summed E-state index contributed by atoms with van der Waals surface area (Å²) in [5, 5.41) is 5.26. The molecule has 0 atom stereocenters. The third-order valence-corrected chi connectivity index (χ3v) is 4.91. The van der Waals surface area contributed by atoms with Crippen LogP contribution < -0.4 is 10.6 Å². The molecule has 0 bridgehead atoms. The second kappa shape index (κ2) is 8.38. The van der Waals surface area contributed by atoms with E-state index in [1.54, 1.807) is 7.05 Å². The third kappa shape index (κ3) is 4.73. The molecule has 2 rings (SSSR count). The number of amides is 4. The zero-order valence-electron chi connectivity index (χ0n) is 14.7. The van der Waals surface area contributed by atoms with E-state index in [1.807, 2.05) is 4.90 Å². The van der Waals surface area contributed by atoms with Crippen molar-refractivity contribution in [1.29, 1.82) is 0 Å². The number of urea groups is 2. The fraction of sp³-hybridized carbons (Fsp3) is 0.875. The van der Waals surface area contributed by atoms with Gasteiger partial charge in [0, 0.05) is 58.4 Å². The summed E-state index contributed by atoms with van der Waals surface area (Å²) in [6.07, 6.45) is 3.14. The van der Waals surface area contributed by atoms with Gasteiger partial charge in [-0.25, -0.2) is 9.59 Å². The van der Waals surface area contributed by atoms with Crippen LogP contribution in [-0.2, 0) is 0 Å². The average molecular weight is 325 g/mol. The van der Waals surface area contributed by atoms with E-state index < -0.39 is 0 Å². The van der Waals surface area contributed by atoms with Crippen LogP contribution >= 0.6 is 0 Å². The summed E-state index contributed by atoms with van der Waals surface area (Å²) in [6, 6.07) is 0.887. The first-order chi connectivity index (χ1) is 11.0. The van der Waals surface area contributed by atoms with Gasteiger partial charge in [-0.05, 0) is 33.1 Å². The van der Waals surface area contributed by atoms with Gasteiger partial charge in [-0.1, -0.05) is 0 Å². The molecule has 0 spiro atoms. The third-order valence-electron chi connectivity index (χ3n) is 4.91. The van der Waals surface area contributed by atoms with Crippen LogP contribution in [0.5, 0.6) is 0 Å². The predicted octanol–water partition coefficient (Wildman–Crippen LogP) is 0.916. The van der Waals surface area contributed by atoms with Gasteiger partial charge in [0.25, 0.3) is 0 Å². The van der Waals surface area contributed by atoms with E-state index in [4.69, 9.17) is 0 Å². The molecule has 132 valence electrons. The molecule has 7 heteroatoms. The van der Waals surface area contributed by atoms with E-state index >= 15 is 0 Å². The standard InChI is InChI=1S/C16H31N5O2/c1-13(2)19-10-5-14(6-11-19)21-9-4-8-20(16(21)23)12-7-18-15(22)17-3/h13-14H,4-12H2,1-3H3,(H2,17,18,22). The second-order valence-corrected chi connectivity index (χ2v) is 6.68. The lowest BCUT2D eigenvalue weighted by molar-refractivity contribution is 0.0713. The highest BCUT2D eigenvalue weighted by molar-refractivity contribution is 5.76. The lowest BCUT2D eigenvalue weighted by Crippen LogP contribution is -2.57. The smallest absolute Gasteiger partial charge is 0.320 e. The van der Waals surface area contributed by atoms with E-state index in [-0.39, 0.29) is 12.1 Å². The molecule has 0 aromatic heterocycles. The Balaban J connectivity index is 1.81. The molecule has 4 amide bonds. The molecule has 2 saturated heterocycles. The van der Waals surface area contributed by atoms with E-state index in [1.165, 1.54) is 0 Å². The highest BCUT2D eigenvalue weighted by Gasteiger charge is 2.33. The van der Waals surface area contributed by atoms with Crippen LogP contribution in [0.4, 0.5) is 9.59 Å². The molecule has 2 aliphatic heterocycles. The second-order valence-electron chi connectivity index (χ2n) is 6.68. The van der Waals surface area contributed by atoms with Crippen molar-refractivity contribution in [2.45, 2.75) is 45.2 Å². The molecule has 0 saturated carbocycles. The quantitative estimate of drug-likeness (QED) is 0.790. The zero-order valence-corrected chi connectivity index (χ0v) is 14.7. The fourth-order valence-electron chi connectivity index (χ4n) is 3.46. The van der Waals surface area contributed by atoms with Crippen LogP contribution in [0.3, 0.4) is 0 Å². The maximum Gasteiger partial charge on any atom is 0.320 e. The van der Waals surface area contributed by atoms with E-state index in [0.717, 1.165) is 45.4 Å². The molecule has 0 radical (unpaired) electrons. The molecule has 0 unspecified atom stereocenters. The van der Waals surface area contributed by atoms with Gasteiger partial charge >= 0.3 is 12.1 Å². The normalized spacial score (nSPS) is 21.0. The molecule has 7 nitrogen and oxygen atoms in total. The highest BCUT2D eigenvalue weighted by atomic mass is 16.2. The Labute approximate surface area is 139 Å². The first-order valence-corrected chi connectivity index (χ1v) is 8.78. The van der Waals surface area contributed by atoms with E-state index in [0.29, 0.717) is 25.2 Å². The lowest BCUT2D eigenvalue weighted by Gasteiger charge is -2.44. The molecule has 2 aliphatic rings. The average Bonchev–Trinajstić information content (AvgIpc) is 2.56. The van der Waals surface area contributed by atoms with Crippen molar-refractivity contribution < 1.29 is 9.59 Å². The first kappa shape index (κ1) is 17.8. The maximum absolute atomic E-state index is 12.7. The zero-order chi connectivity index (χ0) is 16.8. The molecule has 0 aromatic carbocycles. The monoisotopic (exact) mass is 325 g/mol. The molecule has 0 aromatic rings. The number of nitrogens with one attached hydrogen (secondary N) is 2. The molecular weight excluding hydrogens is 294 g/mol. The number of rotatable bonds is 5. The minimum absolute atomic E-state index is 0.137. The summed E-state index contributed by atoms with van der Waals surface area (Å²) in [5.41, 5.74) is 0. The summed E-state index contributed by atoms with van der Waals surface area (Å²) in [4.78, 5) is 30.3. The van der Waals surface area contributed by atoms with Crippen molar-refractivity contribution in [3.05, 3.63) is 0 Å². The maximum atomic E-state index is 12.7. The summed E-state index contributed by atoms with van der Waals surface area (Å²) < 4.78 is 0. The van der Waals surface area contributed by atoms with Gasteiger partial charge in [0.05, 0.1) is 0 Å². The van der Waals surface area contributed by atoms with Crippen LogP contribution in [0.2, 0.25) is 0 Å². The lowest BCUT2D eigenvalue weighted by atomic mass is 10.0. The Morgan fingerprint density at radius 2 is 1.91 bits per heavy atom. The molecule has 2 heterocycles. The van der Waals surface area contributed by atoms with Crippen LogP contribution in [0.1, 0.15) is 33.1 Å². The number of hydrogen-bond donors (Lipinski definition) is 2. The van der Waals surface area contributed by atoms with E-state index in [9.17, 15) is 9.59 Å². The topological polar surface area (TPSA) is 67.9 Å². The van der Waals surface area contributed by atoms with Gasteiger partial charge in [0.2, 0.25) is 0 Å². The first-order valence-electron chi connectivity index (χ1n) is 8.78. The van der Waals surface area contributed by atoms with Gasteiger partial charge < -0.3 is 25.3 Å². The SMILES string of the molecule is CNC(=O)NCCN1CCCN(C2CCN(C(C)C)CC2)C1=O. The van der Waals surface area contributed by atoms with Gasteiger partial charge in [-0.15, -0.1) is 0 Å². The Bertz CT molecular complexity index is 407. The van der Waals surface area contributed by atoms with Crippen molar-refractivity contribution in [3.63, 3.8) is 0 Å². The minimum atomic E-state index is -0.202. The van der Waals surface area contributed by atoms with Crippen molar-refractivity contribution in [2.24, 2.45) is 0 Å². The van der Waals surface area contributed by atoms with Crippen LogP contribution in [-0.4, -0.2) is 85.2 Å². The molecule has 23 heavy (non-hydrogen) atoms. The van der Waals surface area contributed by atoms with Crippen molar-refractivity contribution in [3.8, 4) is 0 Å². The number of piperidine rings is 1. The fourth-order valence-corrected chi connectivity index (χ4v) is 3.46. The Morgan fingerprint density at radius 3 is 2.52 bits per heavy atom. The van der Waals surface area contributed by atoms with Gasteiger partial charge in [-0.2, -0.15) is 0 Å².